The number of thiol groups is 1. The summed E-state index contributed by atoms with van der Waals surface area (Å²) < 4.78 is 0. The van der Waals surface area contributed by atoms with Gasteiger partial charge in [-0.05, 0) is 0 Å². The molecule has 0 aromatic rings. The molecule has 17 heavy (non-hydrogen) atoms. The number of hydrogen-bond donors (Lipinski definition) is 4. The minimum Gasteiger partial charge on any atom is -0.479 e. The quantitative estimate of drug-likeness (QED) is 0.328. The van der Waals surface area contributed by atoms with Crippen molar-refractivity contribution >= 4 is 36.3 Å². The molecule has 0 aliphatic heterocycles. The molecular formula is C8H13N3O5S. The van der Waals surface area contributed by atoms with Crippen molar-refractivity contribution in [3.63, 3.8) is 0 Å². The molecular weight excluding hydrogens is 250 g/mol. The van der Waals surface area contributed by atoms with Crippen molar-refractivity contribution in [1.82, 2.24) is 10.2 Å². The summed E-state index contributed by atoms with van der Waals surface area (Å²) in [7, 11) is 0. The summed E-state index contributed by atoms with van der Waals surface area (Å²) >= 11 is 3.61. The zero-order chi connectivity index (χ0) is 13.6. The summed E-state index contributed by atoms with van der Waals surface area (Å²) in [6.45, 7) is 0.200. The predicted molar refractivity (Wildman–Crippen MR) is 60.0 cm³/mol. The molecule has 0 aliphatic carbocycles. The minimum absolute atomic E-state index is 0.309. The van der Waals surface area contributed by atoms with Crippen LogP contribution in [0.3, 0.4) is 0 Å². The van der Waals surface area contributed by atoms with Crippen LogP contribution in [0, 0.1) is 0 Å². The van der Waals surface area contributed by atoms with Crippen LogP contribution in [0.5, 0.6) is 0 Å². The maximum absolute atomic E-state index is 11.5. The average molecular weight is 263 g/mol. The van der Waals surface area contributed by atoms with Gasteiger partial charge in [0.1, 0.15) is 0 Å². The molecule has 1 atom stereocenters. The summed E-state index contributed by atoms with van der Waals surface area (Å²) in [4.78, 5) is 44.4. The zero-order valence-electron chi connectivity index (χ0n) is 9.04. The molecule has 0 rings (SSSR count). The van der Waals surface area contributed by atoms with Gasteiger partial charge in [-0.25, -0.2) is 4.79 Å². The maximum Gasteiger partial charge on any atom is 0.337 e. The molecule has 0 bridgehead atoms. The van der Waals surface area contributed by atoms with Gasteiger partial charge in [-0.15, -0.1) is 12.6 Å². The lowest BCUT2D eigenvalue weighted by Gasteiger charge is -2.22. The number of carboxylic acid groups (broad SMARTS) is 1. The second kappa shape index (κ2) is 6.86. The third-order valence-corrected chi connectivity index (χ3v) is 2.15. The normalized spacial score (nSPS) is 11.5. The topological polar surface area (TPSA) is 130 Å². The van der Waals surface area contributed by atoms with Gasteiger partial charge in [0.15, 0.2) is 5.37 Å². The van der Waals surface area contributed by atoms with Crippen molar-refractivity contribution in [1.29, 1.82) is 0 Å². The Kier molecular flexibility index (Phi) is 6.21. The van der Waals surface area contributed by atoms with Gasteiger partial charge in [0.2, 0.25) is 17.7 Å². The first kappa shape index (κ1) is 15.4. The number of carboxylic acids is 1. The second-order valence-corrected chi connectivity index (χ2v) is 3.46. The first-order chi connectivity index (χ1) is 7.81. The average Bonchev–Trinajstić information content (AvgIpc) is 2.25. The fourth-order valence-corrected chi connectivity index (χ4v) is 1.22. The number of imide groups is 1. The fourth-order valence-electron chi connectivity index (χ4n) is 0.926. The molecule has 4 N–H and O–H groups in total. The van der Waals surface area contributed by atoms with Crippen LogP contribution in [0.1, 0.15) is 6.92 Å². The SMILES string of the molecule is CC(=O)N(C(=O)CNC(=O)CN)C(S)C(=O)O. The molecule has 0 aromatic carbocycles. The summed E-state index contributed by atoms with van der Waals surface area (Å²) in [5.74, 6) is -3.68. The maximum atomic E-state index is 11.5. The fraction of sp³-hybridized carbons (Fsp3) is 0.500. The number of aliphatic carboxylic acids is 1. The van der Waals surface area contributed by atoms with Gasteiger partial charge >= 0.3 is 5.97 Å². The molecule has 9 heteroatoms. The Labute approximate surface area is 103 Å². The largest absolute Gasteiger partial charge is 0.479 e. The van der Waals surface area contributed by atoms with E-state index in [0.29, 0.717) is 4.90 Å². The first-order valence-corrected chi connectivity index (χ1v) is 5.03. The highest BCUT2D eigenvalue weighted by Crippen LogP contribution is 2.05. The molecule has 0 fully saturated rings. The van der Waals surface area contributed by atoms with Crippen LogP contribution in [0.4, 0.5) is 0 Å². The van der Waals surface area contributed by atoms with E-state index < -0.39 is 35.6 Å². The summed E-state index contributed by atoms with van der Waals surface area (Å²) in [5.41, 5.74) is 4.99. The second-order valence-electron chi connectivity index (χ2n) is 2.98. The van der Waals surface area contributed by atoms with Crippen molar-refractivity contribution in [3.05, 3.63) is 0 Å². The van der Waals surface area contributed by atoms with E-state index in [2.05, 4.69) is 17.9 Å². The summed E-state index contributed by atoms with van der Waals surface area (Å²) in [6.07, 6.45) is 0. The van der Waals surface area contributed by atoms with E-state index in [1.807, 2.05) is 0 Å². The monoisotopic (exact) mass is 263 g/mol. The number of nitrogens with zero attached hydrogens (tertiary/aromatic N) is 1. The highest BCUT2D eigenvalue weighted by atomic mass is 32.1. The van der Waals surface area contributed by atoms with Gasteiger partial charge in [0.25, 0.3) is 0 Å². The van der Waals surface area contributed by atoms with Crippen LogP contribution in [-0.2, 0) is 19.2 Å². The van der Waals surface area contributed by atoms with Crippen molar-refractivity contribution in [2.75, 3.05) is 13.1 Å². The Morgan fingerprint density at radius 2 is 1.94 bits per heavy atom. The number of amides is 3. The third-order valence-electron chi connectivity index (χ3n) is 1.70. The Hall–Kier alpha value is -1.61. The van der Waals surface area contributed by atoms with Crippen LogP contribution in [-0.4, -0.2) is 52.2 Å². The van der Waals surface area contributed by atoms with E-state index >= 15 is 0 Å². The molecule has 0 aliphatic rings. The van der Waals surface area contributed by atoms with Crippen molar-refractivity contribution < 1.29 is 24.3 Å². The van der Waals surface area contributed by atoms with Gasteiger partial charge in [0.05, 0.1) is 13.1 Å². The number of rotatable bonds is 5. The molecule has 0 radical (unpaired) electrons. The Bertz CT molecular complexity index is 346. The summed E-state index contributed by atoms with van der Waals surface area (Å²) in [5, 5.41) is 9.18. The molecule has 96 valence electrons. The molecule has 1 unspecified atom stereocenters. The van der Waals surface area contributed by atoms with E-state index in [9.17, 15) is 19.2 Å². The van der Waals surface area contributed by atoms with Crippen molar-refractivity contribution in [2.45, 2.75) is 12.3 Å². The predicted octanol–water partition coefficient (Wildman–Crippen LogP) is -2.22. The molecule has 3 amide bonds. The highest BCUT2D eigenvalue weighted by Gasteiger charge is 2.29. The summed E-state index contributed by atoms with van der Waals surface area (Å²) in [6, 6.07) is 0. The lowest BCUT2D eigenvalue weighted by Crippen LogP contribution is -2.49. The van der Waals surface area contributed by atoms with Gasteiger partial charge in [-0.3, -0.25) is 19.3 Å². The number of carbonyl (C=O) groups excluding carboxylic acids is 3. The number of carbonyl (C=O) groups is 4. The number of nitrogens with one attached hydrogen (secondary N) is 1. The van der Waals surface area contributed by atoms with Crippen LogP contribution >= 0.6 is 12.6 Å². The van der Waals surface area contributed by atoms with Gasteiger partial charge in [-0.2, -0.15) is 0 Å². The first-order valence-electron chi connectivity index (χ1n) is 4.51. The van der Waals surface area contributed by atoms with Gasteiger partial charge in [-0.1, -0.05) is 0 Å². The molecule has 8 nitrogen and oxygen atoms in total. The van der Waals surface area contributed by atoms with Crippen LogP contribution in [0.2, 0.25) is 0 Å². The standard InChI is InChI=1S/C8H13N3O5S/c1-4(12)11(7(17)8(15)16)6(14)3-10-5(13)2-9/h7,17H,2-3,9H2,1H3,(H,10,13)(H,15,16). The van der Waals surface area contributed by atoms with Gasteiger partial charge in [0, 0.05) is 6.92 Å². The van der Waals surface area contributed by atoms with Gasteiger partial charge < -0.3 is 16.2 Å². The van der Waals surface area contributed by atoms with Crippen molar-refractivity contribution in [3.8, 4) is 0 Å². The van der Waals surface area contributed by atoms with Crippen molar-refractivity contribution in [2.24, 2.45) is 5.73 Å². The van der Waals surface area contributed by atoms with E-state index in [1.165, 1.54) is 0 Å². The molecule has 0 aromatic heterocycles. The van der Waals surface area contributed by atoms with Crippen LogP contribution in [0.25, 0.3) is 0 Å². The van der Waals surface area contributed by atoms with Crippen LogP contribution in [0.15, 0.2) is 0 Å². The molecule has 0 saturated carbocycles. The Balaban J connectivity index is 4.62. The number of hydrogen-bond acceptors (Lipinski definition) is 6. The molecule has 0 heterocycles. The molecule has 0 spiro atoms. The lowest BCUT2D eigenvalue weighted by atomic mass is 10.4. The molecule has 0 saturated heterocycles. The zero-order valence-corrected chi connectivity index (χ0v) is 9.94. The Morgan fingerprint density at radius 3 is 2.29 bits per heavy atom. The van der Waals surface area contributed by atoms with E-state index in [4.69, 9.17) is 10.8 Å². The van der Waals surface area contributed by atoms with Crippen LogP contribution < -0.4 is 11.1 Å². The minimum atomic E-state index is -1.59. The van der Waals surface area contributed by atoms with E-state index in [-0.39, 0.29) is 6.54 Å². The smallest absolute Gasteiger partial charge is 0.337 e. The number of nitrogens with two attached hydrogens (primary N) is 1. The van der Waals surface area contributed by atoms with E-state index in [1.54, 1.807) is 0 Å². The van der Waals surface area contributed by atoms with E-state index in [0.717, 1.165) is 6.92 Å². The lowest BCUT2D eigenvalue weighted by molar-refractivity contribution is -0.153. The highest BCUT2D eigenvalue weighted by molar-refractivity contribution is 7.81. The Morgan fingerprint density at radius 1 is 1.41 bits per heavy atom. The third kappa shape index (κ3) is 4.83.